The number of rotatable bonds is 4. The van der Waals surface area contributed by atoms with E-state index in [2.05, 4.69) is 10.6 Å². The van der Waals surface area contributed by atoms with Crippen LogP contribution in [0.1, 0.15) is 26.7 Å². The smallest absolute Gasteiger partial charge is 0.241 e. The highest BCUT2D eigenvalue weighted by atomic mass is 16.2. The Hall–Kier alpha value is -1.10. The number of hydrogen-bond donors (Lipinski definition) is 2. The van der Waals surface area contributed by atoms with Gasteiger partial charge in [-0.15, -0.1) is 0 Å². The van der Waals surface area contributed by atoms with E-state index >= 15 is 0 Å². The summed E-state index contributed by atoms with van der Waals surface area (Å²) >= 11 is 0. The van der Waals surface area contributed by atoms with Crippen LogP contribution in [0.4, 0.5) is 0 Å². The second-order valence-corrected chi connectivity index (χ2v) is 4.45. The number of likely N-dealkylation sites (N-methyl/N-ethyl adjacent to an activating group) is 1. The molecule has 0 bridgehead atoms. The quantitative estimate of drug-likeness (QED) is 0.694. The van der Waals surface area contributed by atoms with E-state index in [0.717, 1.165) is 19.4 Å². The van der Waals surface area contributed by atoms with Gasteiger partial charge in [-0.2, -0.15) is 0 Å². The lowest BCUT2D eigenvalue weighted by atomic mass is 9.99. The predicted molar refractivity (Wildman–Crippen MR) is 62.0 cm³/mol. The lowest BCUT2D eigenvalue weighted by Gasteiger charge is -2.23. The lowest BCUT2D eigenvalue weighted by Crippen LogP contribution is -2.53. The third-order valence-corrected chi connectivity index (χ3v) is 3.17. The highest BCUT2D eigenvalue weighted by molar-refractivity contribution is 5.90. The molecule has 2 amide bonds. The van der Waals surface area contributed by atoms with Gasteiger partial charge in [0, 0.05) is 13.6 Å². The van der Waals surface area contributed by atoms with Crippen LogP contribution in [0.5, 0.6) is 0 Å². The predicted octanol–water partition coefficient (Wildman–Crippen LogP) is -0.277. The summed E-state index contributed by atoms with van der Waals surface area (Å²) in [4.78, 5) is 24.9. The van der Waals surface area contributed by atoms with Crippen LogP contribution >= 0.6 is 0 Å². The molecule has 0 aromatic carbocycles. The monoisotopic (exact) mass is 227 g/mol. The first-order valence-electron chi connectivity index (χ1n) is 5.77. The SMILES string of the molecule is CCN(C)C(=O)CNC(=O)C1(C)CCCN1. The van der Waals surface area contributed by atoms with E-state index in [9.17, 15) is 9.59 Å². The molecular formula is C11H21N3O2. The molecule has 0 saturated carbocycles. The number of carbonyl (C=O) groups is 2. The number of nitrogens with zero attached hydrogens (tertiary/aromatic N) is 1. The average molecular weight is 227 g/mol. The van der Waals surface area contributed by atoms with E-state index in [-0.39, 0.29) is 18.4 Å². The molecule has 2 N–H and O–H groups in total. The summed E-state index contributed by atoms with van der Waals surface area (Å²) in [5, 5.41) is 5.85. The first-order chi connectivity index (χ1) is 7.49. The number of carbonyl (C=O) groups excluding carboxylic acids is 2. The van der Waals surface area contributed by atoms with Crippen molar-refractivity contribution >= 4 is 11.8 Å². The van der Waals surface area contributed by atoms with Crippen molar-refractivity contribution in [2.24, 2.45) is 0 Å². The van der Waals surface area contributed by atoms with Crippen molar-refractivity contribution in [3.8, 4) is 0 Å². The standard InChI is InChI=1S/C11H21N3O2/c1-4-14(3)9(15)8-12-10(16)11(2)6-5-7-13-11/h13H,4-8H2,1-3H3,(H,12,16). The molecule has 0 aromatic rings. The lowest BCUT2D eigenvalue weighted by molar-refractivity contribution is -0.133. The van der Waals surface area contributed by atoms with E-state index in [0.29, 0.717) is 6.54 Å². The van der Waals surface area contributed by atoms with Gasteiger partial charge < -0.3 is 15.5 Å². The van der Waals surface area contributed by atoms with E-state index < -0.39 is 5.54 Å². The highest BCUT2D eigenvalue weighted by Gasteiger charge is 2.35. The molecule has 1 heterocycles. The molecule has 1 aliphatic rings. The maximum Gasteiger partial charge on any atom is 0.241 e. The van der Waals surface area contributed by atoms with Gasteiger partial charge in [-0.05, 0) is 33.2 Å². The molecule has 0 radical (unpaired) electrons. The van der Waals surface area contributed by atoms with Crippen LogP contribution in [-0.2, 0) is 9.59 Å². The van der Waals surface area contributed by atoms with Crippen LogP contribution in [0.2, 0.25) is 0 Å². The first-order valence-corrected chi connectivity index (χ1v) is 5.77. The minimum absolute atomic E-state index is 0.0579. The van der Waals surface area contributed by atoms with Crippen molar-refractivity contribution in [3.63, 3.8) is 0 Å². The van der Waals surface area contributed by atoms with Gasteiger partial charge in [0.2, 0.25) is 11.8 Å². The van der Waals surface area contributed by atoms with Crippen LogP contribution in [0.25, 0.3) is 0 Å². The van der Waals surface area contributed by atoms with Crippen molar-refractivity contribution in [2.75, 3.05) is 26.7 Å². The van der Waals surface area contributed by atoms with Crippen molar-refractivity contribution in [3.05, 3.63) is 0 Å². The van der Waals surface area contributed by atoms with Crippen molar-refractivity contribution in [2.45, 2.75) is 32.2 Å². The molecule has 1 unspecified atom stereocenters. The van der Waals surface area contributed by atoms with Gasteiger partial charge in [-0.25, -0.2) is 0 Å². The zero-order valence-corrected chi connectivity index (χ0v) is 10.3. The third-order valence-electron chi connectivity index (χ3n) is 3.17. The molecule has 92 valence electrons. The summed E-state index contributed by atoms with van der Waals surface area (Å²) in [5.41, 5.74) is -0.495. The summed E-state index contributed by atoms with van der Waals surface area (Å²) in [6, 6.07) is 0. The second kappa shape index (κ2) is 5.30. The molecule has 0 aromatic heterocycles. The largest absolute Gasteiger partial charge is 0.345 e. The molecule has 0 aliphatic carbocycles. The van der Waals surface area contributed by atoms with Crippen molar-refractivity contribution < 1.29 is 9.59 Å². The fourth-order valence-electron chi connectivity index (χ4n) is 1.75. The Morgan fingerprint density at radius 3 is 2.69 bits per heavy atom. The molecule has 5 heteroatoms. The van der Waals surface area contributed by atoms with Gasteiger partial charge in [0.05, 0.1) is 12.1 Å². The van der Waals surface area contributed by atoms with Gasteiger partial charge in [0.15, 0.2) is 0 Å². The van der Waals surface area contributed by atoms with E-state index in [1.165, 1.54) is 0 Å². The average Bonchev–Trinajstić information content (AvgIpc) is 2.72. The number of nitrogens with one attached hydrogen (secondary N) is 2. The maximum atomic E-state index is 11.8. The van der Waals surface area contributed by atoms with E-state index in [1.54, 1.807) is 11.9 Å². The van der Waals surface area contributed by atoms with Crippen molar-refractivity contribution in [1.82, 2.24) is 15.5 Å². The summed E-state index contributed by atoms with van der Waals surface area (Å²) < 4.78 is 0. The molecule has 1 atom stereocenters. The summed E-state index contributed by atoms with van der Waals surface area (Å²) in [7, 11) is 1.73. The van der Waals surface area contributed by atoms with Gasteiger partial charge >= 0.3 is 0 Å². The van der Waals surface area contributed by atoms with Gasteiger partial charge in [0.25, 0.3) is 0 Å². The number of hydrogen-bond acceptors (Lipinski definition) is 3. The van der Waals surface area contributed by atoms with E-state index in [4.69, 9.17) is 0 Å². The van der Waals surface area contributed by atoms with E-state index in [1.807, 2.05) is 13.8 Å². The summed E-state index contributed by atoms with van der Waals surface area (Å²) in [6.45, 7) is 5.39. The van der Waals surface area contributed by atoms with Crippen LogP contribution < -0.4 is 10.6 Å². The van der Waals surface area contributed by atoms with Crippen LogP contribution in [0, 0.1) is 0 Å². The molecule has 1 fully saturated rings. The Morgan fingerprint density at radius 1 is 1.50 bits per heavy atom. The Morgan fingerprint density at radius 2 is 2.19 bits per heavy atom. The van der Waals surface area contributed by atoms with Crippen LogP contribution in [0.3, 0.4) is 0 Å². The Kier molecular flexibility index (Phi) is 4.29. The fourth-order valence-corrected chi connectivity index (χ4v) is 1.75. The Bertz CT molecular complexity index is 272. The van der Waals surface area contributed by atoms with Crippen LogP contribution in [-0.4, -0.2) is 48.9 Å². The normalized spacial score (nSPS) is 24.2. The van der Waals surface area contributed by atoms with Crippen LogP contribution in [0.15, 0.2) is 0 Å². The molecule has 1 rings (SSSR count). The first kappa shape index (κ1) is 13.0. The molecular weight excluding hydrogens is 206 g/mol. The second-order valence-electron chi connectivity index (χ2n) is 4.45. The highest BCUT2D eigenvalue weighted by Crippen LogP contribution is 2.18. The fraction of sp³-hybridized carbons (Fsp3) is 0.818. The number of amides is 2. The molecule has 1 aliphatic heterocycles. The maximum absolute atomic E-state index is 11.8. The van der Waals surface area contributed by atoms with Gasteiger partial charge in [0.1, 0.15) is 0 Å². The minimum Gasteiger partial charge on any atom is -0.345 e. The molecule has 0 spiro atoms. The Balaban J connectivity index is 2.38. The third kappa shape index (κ3) is 2.95. The van der Waals surface area contributed by atoms with Crippen molar-refractivity contribution in [1.29, 1.82) is 0 Å². The zero-order chi connectivity index (χ0) is 12.2. The molecule has 1 saturated heterocycles. The summed E-state index contributed by atoms with van der Waals surface area (Å²) in [5.74, 6) is -0.139. The zero-order valence-electron chi connectivity index (χ0n) is 10.3. The summed E-state index contributed by atoms with van der Waals surface area (Å²) in [6.07, 6.45) is 1.84. The Labute approximate surface area is 96.6 Å². The van der Waals surface area contributed by atoms with Gasteiger partial charge in [-0.1, -0.05) is 0 Å². The molecule has 16 heavy (non-hydrogen) atoms. The van der Waals surface area contributed by atoms with Gasteiger partial charge in [-0.3, -0.25) is 9.59 Å². The topological polar surface area (TPSA) is 61.4 Å². The molecule has 5 nitrogen and oxygen atoms in total. The minimum atomic E-state index is -0.495.